The van der Waals surface area contributed by atoms with Crippen molar-refractivity contribution in [1.29, 1.82) is 0 Å². The second-order valence-electron chi connectivity index (χ2n) is 7.68. The average molecular weight is 437 g/mol. The fourth-order valence-electron chi connectivity index (χ4n) is 3.62. The first-order chi connectivity index (χ1) is 14.9. The third kappa shape index (κ3) is 3.51. The van der Waals surface area contributed by atoms with Crippen LogP contribution in [0, 0.1) is 5.82 Å². The Balaban J connectivity index is 1.63. The fourth-order valence-corrected chi connectivity index (χ4v) is 3.84. The molecule has 1 aliphatic carbocycles. The summed E-state index contributed by atoms with van der Waals surface area (Å²) in [5.41, 5.74) is 2.24. The average Bonchev–Trinajstić information content (AvgIpc) is 3.47. The van der Waals surface area contributed by atoms with Crippen LogP contribution in [0.2, 0.25) is 5.02 Å². The lowest BCUT2D eigenvalue weighted by atomic mass is 10.0. The highest BCUT2D eigenvalue weighted by molar-refractivity contribution is 6.33. The summed E-state index contributed by atoms with van der Waals surface area (Å²) >= 11 is 6.41. The summed E-state index contributed by atoms with van der Waals surface area (Å²) < 4.78 is 16.4. The van der Waals surface area contributed by atoms with Crippen LogP contribution < -0.4 is 10.9 Å². The maximum absolute atomic E-state index is 13.3. The summed E-state index contributed by atoms with van der Waals surface area (Å²) in [4.78, 5) is 25.7. The minimum atomic E-state index is -0.350. The number of carbonyl (C=O) groups is 1. The zero-order chi connectivity index (χ0) is 21.7. The Labute approximate surface area is 181 Å². The van der Waals surface area contributed by atoms with Gasteiger partial charge in [-0.05, 0) is 61.4 Å². The predicted molar refractivity (Wildman–Crippen MR) is 117 cm³/mol. The van der Waals surface area contributed by atoms with E-state index in [0.717, 1.165) is 12.8 Å². The molecule has 2 heterocycles. The van der Waals surface area contributed by atoms with Crippen molar-refractivity contribution < 1.29 is 9.18 Å². The molecule has 1 N–H and O–H groups in total. The lowest BCUT2D eigenvalue weighted by Crippen LogP contribution is -2.25. The molecule has 4 aromatic rings. The zero-order valence-corrected chi connectivity index (χ0v) is 17.4. The fraction of sp³-hybridized carbons (Fsp3) is 0.174. The van der Waals surface area contributed by atoms with E-state index in [4.69, 9.17) is 11.6 Å². The normalized spacial score (nSPS) is 13.5. The molecule has 1 amide bonds. The Morgan fingerprint density at radius 3 is 2.58 bits per heavy atom. The van der Waals surface area contributed by atoms with Crippen LogP contribution in [0.4, 0.5) is 4.39 Å². The van der Waals surface area contributed by atoms with Crippen LogP contribution in [0.3, 0.4) is 0 Å². The number of carbonyl (C=O) groups excluding carboxylic acids is 1. The molecule has 2 aromatic heterocycles. The Morgan fingerprint density at radius 1 is 1.13 bits per heavy atom. The van der Waals surface area contributed by atoms with E-state index in [-0.39, 0.29) is 23.3 Å². The molecule has 1 saturated carbocycles. The number of hydrogen-bond donors (Lipinski definition) is 1. The monoisotopic (exact) mass is 436 g/mol. The highest BCUT2D eigenvalue weighted by atomic mass is 35.5. The van der Waals surface area contributed by atoms with Gasteiger partial charge in [-0.15, -0.1) is 0 Å². The molecule has 0 radical (unpaired) electrons. The van der Waals surface area contributed by atoms with E-state index >= 15 is 0 Å². The highest BCUT2D eigenvalue weighted by Crippen LogP contribution is 2.30. The van der Waals surface area contributed by atoms with Crippen LogP contribution in [0.25, 0.3) is 27.8 Å². The zero-order valence-electron chi connectivity index (χ0n) is 16.6. The van der Waals surface area contributed by atoms with Crippen LogP contribution in [-0.2, 0) is 7.05 Å². The van der Waals surface area contributed by atoms with E-state index in [1.807, 2.05) is 0 Å². The van der Waals surface area contributed by atoms with E-state index in [1.165, 1.54) is 16.7 Å². The molecule has 31 heavy (non-hydrogen) atoms. The summed E-state index contributed by atoms with van der Waals surface area (Å²) in [6.07, 6.45) is 3.61. The van der Waals surface area contributed by atoms with Crippen molar-refractivity contribution in [2.45, 2.75) is 18.9 Å². The Kier molecular flexibility index (Phi) is 4.63. The van der Waals surface area contributed by atoms with Crippen molar-refractivity contribution in [2.24, 2.45) is 7.05 Å². The molecule has 156 valence electrons. The molecule has 0 aliphatic heterocycles. The van der Waals surface area contributed by atoms with Gasteiger partial charge in [0, 0.05) is 40.2 Å². The van der Waals surface area contributed by atoms with Gasteiger partial charge in [0.2, 0.25) is 0 Å². The van der Waals surface area contributed by atoms with E-state index in [1.54, 1.807) is 54.3 Å². The minimum absolute atomic E-state index is 0.178. The van der Waals surface area contributed by atoms with E-state index in [9.17, 15) is 14.0 Å². The van der Waals surface area contributed by atoms with Gasteiger partial charge in [0.1, 0.15) is 11.5 Å². The van der Waals surface area contributed by atoms with E-state index < -0.39 is 0 Å². The van der Waals surface area contributed by atoms with Crippen molar-refractivity contribution in [3.63, 3.8) is 0 Å². The van der Waals surface area contributed by atoms with Crippen LogP contribution >= 0.6 is 11.6 Å². The van der Waals surface area contributed by atoms with Crippen molar-refractivity contribution in [3.8, 4) is 16.8 Å². The van der Waals surface area contributed by atoms with Gasteiger partial charge < -0.3 is 5.32 Å². The summed E-state index contributed by atoms with van der Waals surface area (Å²) in [7, 11) is 1.65. The largest absolute Gasteiger partial charge is 0.349 e. The molecule has 0 atom stereocenters. The number of fused-ring (bicyclic) bond motifs is 1. The molecule has 1 aliphatic rings. The second kappa shape index (κ2) is 7.35. The maximum atomic E-state index is 13.3. The van der Waals surface area contributed by atoms with Crippen LogP contribution in [0.15, 0.2) is 59.5 Å². The number of hydrogen-bond acceptors (Lipinski definition) is 3. The molecule has 2 aromatic carbocycles. The summed E-state index contributed by atoms with van der Waals surface area (Å²) in [5.74, 6) is -0.529. The van der Waals surface area contributed by atoms with Gasteiger partial charge in [-0.25, -0.2) is 9.07 Å². The van der Waals surface area contributed by atoms with Crippen LogP contribution in [-0.4, -0.2) is 26.3 Å². The number of rotatable bonds is 4. The van der Waals surface area contributed by atoms with E-state index in [0.29, 0.717) is 38.4 Å². The molecule has 8 heteroatoms. The molecule has 0 bridgehead atoms. The topological polar surface area (TPSA) is 68.9 Å². The molecule has 6 nitrogen and oxygen atoms in total. The van der Waals surface area contributed by atoms with Gasteiger partial charge in [-0.3, -0.25) is 14.2 Å². The van der Waals surface area contributed by atoms with Crippen LogP contribution in [0.1, 0.15) is 23.2 Å². The lowest BCUT2D eigenvalue weighted by Gasteiger charge is -2.12. The standard InChI is InChI=1S/C23H18ClFN4O2/c1-28-22-14(12-26-29(22)17-7-3-15(25)4-8-17)11-19(23(28)31)18-10-13(2-9-20(18)24)21(30)27-16-5-6-16/h2-4,7-12,16H,5-6H2,1H3,(H,27,30). The summed E-state index contributed by atoms with van der Waals surface area (Å²) in [6.45, 7) is 0. The number of pyridine rings is 1. The predicted octanol–water partition coefficient (Wildman–Crippen LogP) is 4.08. The lowest BCUT2D eigenvalue weighted by molar-refractivity contribution is 0.0951. The smallest absolute Gasteiger partial charge is 0.259 e. The maximum Gasteiger partial charge on any atom is 0.259 e. The van der Waals surface area contributed by atoms with Gasteiger partial charge in [0.15, 0.2) is 0 Å². The number of halogens is 2. The summed E-state index contributed by atoms with van der Waals surface area (Å²) in [5, 5.41) is 8.41. The van der Waals surface area contributed by atoms with Gasteiger partial charge in [-0.1, -0.05) is 11.6 Å². The van der Waals surface area contributed by atoms with Gasteiger partial charge >= 0.3 is 0 Å². The number of aryl methyl sites for hydroxylation is 1. The molecule has 0 unspecified atom stereocenters. The SMILES string of the molecule is Cn1c(=O)c(-c2cc(C(=O)NC3CC3)ccc2Cl)cc2cnn(-c3ccc(F)cc3)c21. The quantitative estimate of drug-likeness (QED) is 0.524. The molecular weight excluding hydrogens is 419 g/mol. The molecular formula is C23H18ClFN4O2. The molecule has 1 fully saturated rings. The first-order valence-electron chi connectivity index (χ1n) is 9.87. The molecule has 0 saturated heterocycles. The Hall–Kier alpha value is -3.45. The van der Waals surface area contributed by atoms with Crippen molar-refractivity contribution in [2.75, 3.05) is 0 Å². The Bertz CT molecular complexity index is 1390. The third-order valence-corrected chi connectivity index (χ3v) is 5.76. The number of nitrogens with one attached hydrogen (secondary N) is 1. The first-order valence-corrected chi connectivity index (χ1v) is 10.2. The summed E-state index contributed by atoms with van der Waals surface area (Å²) in [6, 6.07) is 12.7. The number of aromatic nitrogens is 3. The van der Waals surface area contributed by atoms with Crippen LogP contribution in [0.5, 0.6) is 0 Å². The van der Waals surface area contributed by atoms with E-state index in [2.05, 4.69) is 10.4 Å². The number of nitrogens with zero attached hydrogens (tertiary/aromatic N) is 3. The molecule has 5 rings (SSSR count). The minimum Gasteiger partial charge on any atom is -0.349 e. The second-order valence-corrected chi connectivity index (χ2v) is 8.08. The first kappa shape index (κ1) is 19.5. The number of amides is 1. The van der Waals surface area contributed by atoms with Crippen molar-refractivity contribution in [1.82, 2.24) is 19.7 Å². The van der Waals surface area contributed by atoms with Gasteiger partial charge in [0.05, 0.1) is 11.9 Å². The van der Waals surface area contributed by atoms with Crippen molar-refractivity contribution >= 4 is 28.5 Å². The van der Waals surface area contributed by atoms with Gasteiger partial charge in [0.25, 0.3) is 11.5 Å². The number of benzene rings is 2. The molecule has 0 spiro atoms. The van der Waals surface area contributed by atoms with Gasteiger partial charge in [-0.2, -0.15) is 5.10 Å². The van der Waals surface area contributed by atoms with Crippen molar-refractivity contribution in [3.05, 3.63) is 81.5 Å². The Morgan fingerprint density at radius 2 is 1.87 bits per heavy atom. The third-order valence-electron chi connectivity index (χ3n) is 5.43. The highest BCUT2D eigenvalue weighted by Gasteiger charge is 2.24.